The van der Waals surface area contributed by atoms with E-state index in [1.54, 1.807) is 18.2 Å². The highest BCUT2D eigenvalue weighted by atomic mass is 19.4. The number of hydrogen-bond acceptors (Lipinski definition) is 3. The van der Waals surface area contributed by atoms with Crippen LogP contribution in [0, 0.1) is 5.82 Å². The molecule has 0 amide bonds. The zero-order valence-corrected chi connectivity index (χ0v) is 19.8. The van der Waals surface area contributed by atoms with Gasteiger partial charge in [-0.2, -0.15) is 13.2 Å². The number of anilines is 1. The van der Waals surface area contributed by atoms with E-state index in [2.05, 4.69) is 29.5 Å². The van der Waals surface area contributed by atoms with E-state index in [4.69, 9.17) is 0 Å². The van der Waals surface area contributed by atoms with Gasteiger partial charge in [-0.3, -0.25) is 5.32 Å². The molecule has 0 saturated carbocycles. The van der Waals surface area contributed by atoms with Crippen molar-refractivity contribution in [2.24, 2.45) is 0 Å². The lowest BCUT2D eigenvalue weighted by atomic mass is 9.90. The summed E-state index contributed by atoms with van der Waals surface area (Å²) < 4.78 is 55.0. The van der Waals surface area contributed by atoms with Gasteiger partial charge < -0.3 is 10.6 Å². The maximum atomic E-state index is 14.6. The third-order valence-electron chi connectivity index (χ3n) is 6.17. The highest BCUT2D eigenvalue weighted by Gasteiger charge is 2.33. The molecule has 1 atom stereocenters. The second-order valence-electron chi connectivity index (χ2n) is 8.69. The SMILES string of the molecule is C=C(NC(NCc1ccccc1C(F)(F)F)C1=C(C)CCCC1)c1cccc(F)c1NCCC. The van der Waals surface area contributed by atoms with Gasteiger partial charge >= 0.3 is 6.18 Å². The first-order valence-corrected chi connectivity index (χ1v) is 11.8. The van der Waals surface area contributed by atoms with E-state index in [1.807, 2.05) is 6.92 Å². The summed E-state index contributed by atoms with van der Waals surface area (Å²) in [4.78, 5) is 0. The van der Waals surface area contributed by atoms with Gasteiger partial charge in [0.05, 0.1) is 17.4 Å². The van der Waals surface area contributed by atoms with Gasteiger partial charge in [0.15, 0.2) is 0 Å². The number of rotatable bonds is 10. The largest absolute Gasteiger partial charge is 0.416 e. The second-order valence-corrected chi connectivity index (χ2v) is 8.69. The van der Waals surface area contributed by atoms with Crippen LogP contribution < -0.4 is 16.0 Å². The van der Waals surface area contributed by atoms with Crippen LogP contribution in [0.15, 0.2) is 60.2 Å². The summed E-state index contributed by atoms with van der Waals surface area (Å²) in [7, 11) is 0. The highest BCUT2D eigenvalue weighted by Crippen LogP contribution is 2.33. The molecule has 3 rings (SSSR count). The van der Waals surface area contributed by atoms with Crippen LogP contribution in [0.5, 0.6) is 0 Å². The van der Waals surface area contributed by atoms with Gasteiger partial charge in [-0.1, -0.05) is 49.4 Å². The molecule has 0 radical (unpaired) electrons. The summed E-state index contributed by atoms with van der Waals surface area (Å²) >= 11 is 0. The molecule has 1 aliphatic carbocycles. The number of alkyl halides is 3. The zero-order valence-electron chi connectivity index (χ0n) is 19.8. The number of allylic oxidation sites excluding steroid dienone is 1. The molecular weight excluding hydrogens is 442 g/mol. The highest BCUT2D eigenvalue weighted by molar-refractivity contribution is 5.74. The Morgan fingerprint density at radius 1 is 1.06 bits per heavy atom. The van der Waals surface area contributed by atoms with Gasteiger partial charge in [-0.15, -0.1) is 0 Å². The number of hydrogen-bond donors (Lipinski definition) is 3. The number of para-hydroxylation sites is 1. The monoisotopic (exact) mass is 475 g/mol. The van der Waals surface area contributed by atoms with Crippen LogP contribution in [0.1, 0.15) is 62.6 Å². The minimum Gasteiger partial charge on any atom is -0.382 e. The molecule has 3 nitrogen and oxygen atoms in total. The third-order valence-corrected chi connectivity index (χ3v) is 6.17. The van der Waals surface area contributed by atoms with Crippen LogP contribution >= 0.6 is 0 Å². The molecule has 0 bridgehead atoms. The van der Waals surface area contributed by atoms with Crippen molar-refractivity contribution < 1.29 is 17.6 Å². The fourth-order valence-corrected chi connectivity index (χ4v) is 4.35. The fraction of sp³-hybridized carbons (Fsp3) is 0.407. The predicted molar refractivity (Wildman–Crippen MR) is 131 cm³/mol. The van der Waals surface area contributed by atoms with E-state index >= 15 is 0 Å². The molecule has 0 spiro atoms. The van der Waals surface area contributed by atoms with E-state index < -0.39 is 17.9 Å². The maximum Gasteiger partial charge on any atom is 0.416 e. The van der Waals surface area contributed by atoms with Gasteiger partial charge in [0.25, 0.3) is 0 Å². The molecule has 0 aromatic heterocycles. The first-order chi connectivity index (χ1) is 16.2. The Morgan fingerprint density at radius 3 is 2.50 bits per heavy atom. The van der Waals surface area contributed by atoms with E-state index in [1.165, 1.54) is 23.8 Å². The molecule has 0 aliphatic heterocycles. The van der Waals surface area contributed by atoms with Crippen molar-refractivity contribution in [1.82, 2.24) is 10.6 Å². The Labute approximate surface area is 199 Å². The number of halogens is 4. The molecule has 184 valence electrons. The Kier molecular flexibility index (Phi) is 8.78. The van der Waals surface area contributed by atoms with E-state index in [0.717, 1.165) is 43.7 Å². The van der Waals surface area contributed by atoms with Crippen molar-refractivity contribution in [2.45, 2.75) is 64.8 Å². The van der Waals surface area contributed by atoms with Crippen LogP contribution in [0.25, 0.3) is 5.70 Å². The predicted octanol–water partition coefficient (Wildman–Crippen LogP) is 7.23. The van der Waals surface area contributed by atoms with Crippen molar-refractivity contribution in [1.29, 1.82) is 0 Å². The molecule has 0 saturated heterocycles. The summed E-state index contributed by atoms with van der Waals surface area (Å²) in [6, 6.07) is 10.4. The average molecular weight is 476 g/mol. The summed E-state index contributed by atoms with van der Waals surface area (Å²) in [5.74, 6) is -0.370. The molecule has 1 aliphatic rings. The Balaban J connectivity index is 1.88. The third kappa shape index (κ3) is 6.41. The van der Waals surface area contributed by atoms with E-state index in [-0.39, 0.29) is 17.9 Å². The molecular formula is C27H33F4N3. The molecule has 3 N–H and O–H groups in total. The van der Waals surface area contributed by atoms with Gasteiger partial charge in [-0.05, 0) is 62.3 Å². The summed E-state index contributed by atoms with van der Waals surface area (Å²) in [6.45, 7) is 8.85. The van der Waals surface area contributed by atoms with Crippen molar-refractivity contribution in [3.63, 3.8) is 0 Å². The van der Waals surface area contributed by atoms with Crippen molar-refractivity contribution >= 4 is 11.4 Å². The minimum atomic E-state index is -4.42. The quantitative estimate of drug-likeness (QED) is 0.193. The molecule has 0 heterocycles. The Hall–Kier alpha value is -2.80. The summed E-state index contributed by atoms with van der Waals surface area (Å²) in [5, 5.41) is 9.76. The standard InChI is InChI=1S/C27H33F4N3/c1-4-16-32-25-22(13-9-15-24(25)28)19(3)34-26(21-12-7-5-10-18(21)2)33-17-20-11-6-8-14-23(20)27(29,30)31/h6,8-9,11,13-15,26,32-34H,3-5,7,10,12,16-17H2,1-2H3. The lowest BCUT2D eigenvalue weighted by Crippen LogP contribution is -2.43. The second kappa shape index (κ2) is 11.6. The molecule has 34 heavy (non-hydrogen) atoms. The summed E-state index contributed by atoms with van der Waals surface area (Å²) in [6.07, 6.45) is -0.111. The molecule has 2 aromatic rings. The molecule has 2 aromatic carbocycles. The maximum absolute atomic E-state index is 14.6. The minimum absolute atomic E-state index is 0.0293. The van der Waals surface area contributed by atoms with Crippen molar-refractivity contribution in [3.8, 4) is 0 Å². The molecule has 1 unspecified atom stereocenters. The van der Waals surface area contributed by atoms with E-state index in [9.17, 15) is 17.6 Å². The van der Waals surface area contributed by atoms with Crippen LogP contribution in [-0.4, -0.2) is 12.7 Å². The smallest absolute Gasteiger partial charge is 0.382 e. The fourth-order valence-electron chi connectivity index (χ4n) is 4.35. The van der Waals surface area contributed by atoms with Gasteiger partial charge in [-0.25, -0.2) is 4.39 Å². The average Bonchev–Trinajstić information content (AvgIpc) is 2.80. The van der Waals surface area contributed by atoms with Crippen molar-refractivity contribution in [2.75, 3.05) is 11.9 Å². The van der Waals surface area contributed by atoms with Gasteiger partial charge in [0, 0.05) is 24.4 Å². The lowest BCUT2D eigenvalue weighted by Gasteiger charge is -2.30. The molecule has 0 fully saturated rings. The van der Waals surface area contributed by atoms with Gasteiger partial charge in [0.1, 0.15) is 5.82 Å². The summed E-state index contributed by atoms with van der Waals surface area (Å²) in [5.41, 5.74) is 3.35. The zero-order chi connectivity index (χ0) is 24.7. The van der Waals surface area contributed by atoms with Crippen LogP contribution in [0.2, 0.25) is 0 Å². The normalized spacial score (nSPS) is 15.2. The number of benzene rings is 2. The first-order valence-electron chi connectivity index (χ1n) is 11.8. The Bertz CT molecular complexity index is 1030. The van der Waals surface area contributed by atoms with Crippen molar-refractivity contribution in [3.05, 3.63) is 82.7 Å². The van der Waals surface area contributed by atoms with E-state index in [0.29, 0.717) is 23.5 Å². The first kappa shape index (κ1) is 25.8. The van der Waals surface area contributed by atoms with Crippen LogP contribution in [-0.2, 0) is 12.7 Å². The molecule has 7 heteroatoms. The number of nitrogens with one attached hydrogen (secondary N) is 3. The van der Waals surface area contributed by atoms with Gasteiger partial charge in [0.2, 0.25) is 0 Å². The Morgan fingerprint density at radius 2 is 1.79 bits per heavy atom. The lowest BCUT2D eigenvalue weighted by molar-refractivity contribution is -0.138. The topological polar surface area (TPSA) is 36.1 Å². The van der Waals surface area contributed by atoms with Crippen LogP contribution in [0.4, 0.5) is 23.2 Å². The van der Waals surface area contributed by atoms with Crippen LogP contribution in [0.3, 0.4) is 0 Å².